The first-order valence-corrected chi connectivity index (χ1v) is 10.5. The molecule has 0 saturated carbocycles. The van der Waals surface area contributed by atoms with Crippen LogP contribution >= 0.6 is 11.8 Å². The predicted molar refractivity (Wildman–Crippen MR) is 113 cm³/mol. The zero-order valence-corrected chi connectivity index (χ0v) is 17.6. The SMILES string of the molecule is CCn1c(CC(=O)Nc2ccc(F)cc2)nnc1SCC(=O)NCc1ccc(F)cc1. The zero-order valence-electron chi connectivity index (χ0n) is 16.8. The van der Waals surface area contributed by atoms with Crippen molar-refractivity contribution in [2.75, 3.05) is 11.1 Å². The summed E-state index contributed by atoms with van der Waals surface area (Å²) in [6.45, 7) is 2.73. The molecule has 162 valence electrons. The number of amides is 2. The Morgan fingerprint density at radius 1 is 0.968 bits per heavy atom. The van der Waals surface area contributed by atoms with Gasteiger partial charge in [0, 0.05) is 18.8 Å². The molecule has 0 aliphatic heterocycles. The van der Waals surface area contributed by atoms with E-state index < -0.39 is 0 Å². The summed E-state index contributed by atoms with van der Waals surface area (Å²) in [6.07, 6.45) is -0.00442. The number of nitrogens with zero attached hydrogens (tertiary/aromatic N) is 3. The van der Waals surface area contributed by atoms with Gasteiger partial charge in [-0.3, -0.25) is 9.59 Å². The Balaban J connectivity index is 1.51. The van der Waals surface area contributed by atoms with E-state index in [0.29, 0.717) is 29.8 Å². The second-order valence-electron chi connectivity index (χ2n) is 6.57. The van der Waals surface area contributed by atoms with E-state index in [9.17, 15) is 18.4 Å². The van der Waals surface area contributed by atoms with Crippen LogP contribution in [0.25, 0.3) is 0 Å². The van der Waals surface area contributed by atoms with Crippen molar-refractivity contribution in [2.45, 2.75) is 31.6 Å². The van der Waals surface area contributed by atoms with Gasteiger partial charge in [0.05, 0.1) is 12.2 Å². The first kappa shape index (κ1) is 22.4. The van der Waals surface area contributed by atoms with Gasteiger partial charge in [-0.15, -0.1) is 10.2 Å². The fourth-order valence-electron chi connectivity index (χ4n) is 2.74. The number of rotatable bonds is 9. The minimum atomic E-state index is -0.382. The number of hydrogen-bond donors (Lipinski definition) is 2. The Labute approximate surface area is 182 Å². The Hall–Kier alpha value is -3.27. The fraction of sp³-hybridized carbons (Fsp3) is 0.238. The number of carbonyl (C=O) groups is 2. The summed E-state index contributed by atoms with van der Waals surface area (Å²) < 4.78 is 27.7. The van der Waals surface area contributed by atoms with Gasteiger partial charge >= 0.3 is 0 Å². The highest BCUT2D eigenvalue weighted by Crippen LogP contribution is 2.18. The highest BCUT2D eigenvalue weighted by molar-refractivity contribution is 7.99. The number of anilines is 1. The number of nitrogens with one attached hydrogen (secondary N) is 2. The maximum Gasteiger partial charge on any atom is 0.232 e. The molecule has 0 spiro atoms. The Bertz CT molecular complexity index is 1040. The number of hydrogen-bond acceptors (Lipinski definition) is 5. The van der Waals surface area contributed by atoms with Crippen LogP contribution < -0.4 is 10.6 Å². The van der Waals surface area contributed by atoms with Gasteiger partial charge in [0.2, 0.25) is 11.8 Å². The summed E-state index contributed by atoms with van der Waals surface area (Å²) in [7, 11) is 0. The van der Waals surface area contributed by atoms with E-state index in [2.05, 4.69) is 20.8 Å². The molecule has 2 N–H and O–H groups in total. The van der Waals surface area contributed by atoms with E-state index in [-0.39, 0.29) is 35.6 Å². The van der Waals surface area contributed by atoms with Crippen molar-refractivity contribution in [3.8, 4) is 0 Å². The smallest absolute Gasteiger partial charge is 0.232 e. The summed E-state index contributed by atoms with van der Waals surface area (Å²) in [6, 6.07) is 11.4. The molecule has 2 amide bonds. The molecule has 1 heterocycles. The van der Waals surface area contributed by atoms with Gasteiger partial charge in [0.15, 0.2) is 5.16 Å². The molecule has 0 fully saturated rings. The molecule has 0 atom stereocenters. The van der Waals surface area contributed by atoms with Gasteiger partial charge in [-0.2, -0.15) is 0 Å². The van der Waals surface area contributed by atoms with Crippen molar-refractivity contribution in [3.05, 3.63) is 71.6 Å². The molecule has 31 heavy (non-hydrogen) atoms. The Morgan fingerprint density at radius 3 is 2.26 bits per heavy atom. The molecule has 0 saturated heterocycles. The van der Waals surface area contributed by atoms with Crippen LogP contribution in [0.15, 0.2) is 53.7 Å². The maximum absolute atomic E-state index is 13.0. The third-order valence-electron chi connectivity index (χ3n) is 4.29. The zero-order chi connectivity index (χ0) is 22.2. The van der Waals surface area contributed by atoms with Gasteiger partial charge in [0.1, 0.15) is 17.5 Å². The lowest BCUT2D eigenvalue weighted by atomic mass is 10.2. The molecule has 0 unspecified atom stereocenters. The molecule has 1 aromatic heterocycles. The summed E-state index contributed by atoms with van der Waals surface area (Å²) in [5, 5.41) is 14.1. The van der Waals surface area contributed by atoms with Crippen LogP contribution in [-0.2, 0) is 29.1 Å². The van der Waals surface area contributed by atoms with Crippen LogP contribution in [0.5, 0.6) is 0 Å². The topological polar surface area (TPSA) is 88.9 Å². The van der Waals surface area contributed by atoms with Crippen molar-refractivity contribution in [2.24, 2.45) is 0 Å². The van der Waals surface area contributed by atoms with Crippen molar-refractivity contribution in [1.29, 1.82) is 0 Å². The summed E-state index contributed by atoms with van der Waals surface area (Å²) in [4.78, 5) is 24.4. The van der Waals surface area contributed by atoms with Gasteiger partial charge in [-0.25, -0.2) is 8.78 Å². The molecule has 3 aromatic rings. The molecular weight excluding hydrogens is 424 g/mol. The van der Waals surface area contributed by atoms with E-state index in [1.54, 1.807) is 16.7 Å². The van der Waals surface area contributed by atoms with Gasteiger partial charge in [-0.05, 0) is 48.9 Å². The number of carbonyl (C=O) groups excluding carboxylic acids is 2. The average Bonchev–Trinajstić information content (AvgIpc) is 3.14. The van der Waals surface area contributed by atoms with E-state index in [1.165, 1.54) is 48.2 Å². The molecule has 0 aliphatic rings. The predicted octanol–water partition coefficient (Wildman–Crippen LogP) is 3.17. The highest BCUT2D eigenvalue weighted by Gasteiger charge is 2.16. The molecule has 2 aromatic carbocycles. The summed E-state index contributed by atoms with van der Waals surface area (Å²) >= 11 is 1.21. The molecule has 10 heteroatoms. The van der Waals surface area contributed by atoms with E-state index >= 15 is 0 Å². The molecule has 0 aliphatic carbocycles. The van der Waals surface area contributed by atoms with Crippen molar-refractivity contribution in [3.63, 3.8) is 0 Å². The molecular formula is C21H21F2N5O2S. The molecule has 0 radical (unpaired) electrons. The average molecular weight is 445 g/mol. The normalized spacial score (nSPS) is 10.7. The van der Waals surface area contributed by atoms with Gasteiger partial charge in [-0.1, -0.05) is 23.9 Å². The standard InChI is InChI=1S/C21H21F2N5O2S/c1-2-28-18(11-19(29)25-17-9-7-16(23)8-10-17)26-27-21(28)31-13-20(30)24-12-14-3-5-15(22)6-4-14/h3-10H,2,11-13H2,1H3,(H,24,30)(H,25,29). The Kier molecular flexibility index (Phi) is 7.71. The monoisotopic (exact) mass is 445 g/mol. The lowest BCUT2D eigenvalue weighted by Gasteiger charge is -2.08. The summed E-state index contributed by atoms with van der Waals surface area (Å²) in [5.41, 5.74) is 1.28. The molecule has 7 nitrogen and oxygen atoms in total. The number of thioether (sulfide) groups is 1. The summed E-state index contributed by atoms with van der Waals surface area (Å²) in [5.74, 6) is -0.617. The van der Waals surface area contributed by atoms with Crippen LogP contribution in [0.3, 0.4) is 0 Å². The lowest BCUT2D eigenvalue weighted by molar-refractivity contribution is -0.118. The Morgan fingerprint density at radius 2 is 1.61 bits per heavy atom. The second-order valence-corrected chi connectivity index (χ2v) is 7.51. The van der Waals surface area contributed by atoms with Crippen LogP contribution in [0, 0.1) is 11.6 Å². The third-order valence-corrected chi connectivity index (χ3v) is 5.26. The van der Waals surface area contributed by atoms with Gasteiger partial charge < -0.3 is 15.2 Å². The van der Waals surface area contributed by atoms with Crippen LogP contribution in [0.2, 0.25) is 0 Å². The maximum atomic E-state index is 13.0. The number of halogens is 2. The largest absolute Gasteiger partial charge is 0.351 e. The minimum absolute atomic E-state index is 0.00442. The molecule has 0 bridgehead atoms. The number of aromatic nitrogens is 3. The first-order valence-electron chi connectivity index (χ1n) is 9.56. The fourth-order valence-corrected chi connectivity index (χ4v) is 3.59. The van der Waals surface area contributed by atoms with E-state index in [0.717, 1.165) is 5.56 Å². The number of benzene rings is 2. The van der Waals surface area contributed by atoms with Crippen LogP contribution in [-0.4, -0.2) is 32.3 Å². The minimum Gasteiger partial charge on any atom is -0.351 e. The van der Waals surface area contributed by atoms with E-state index in [1.807, 2.05) is 6.92 Å². The van der Waals surface area contributed by atoms with Crippen LogP contribution in [0.4, 0.5) is 14.5 Å². The second kappa shape index (κ2) is 10.7. The third kappa shape index (κ3) is 6.61. The van der Waals surface area contributed by atoms with Crippen molar-refractivity contribution in [1.82, 2.24) is 20.1 Å². The van der Waals surface area contributed by atoms with Gasteiger partial charge in [0.25, 0.3) is 0 Å². The van der Waals surface area contributed by atoms with Crippen molar-refractivity contribution < 1.29 is 18.4 Å². The van der Waals surface area contributed by atoms with Crippen LogP contribution in [0.1, 0.15) is 18.3 Å². The lowest BCUT2D eigenvalue weighted by Crippen LogP contribution is -2.24. The quantitative estimate of drug-likeness (QED) is 0.494. The first-order chi connectivity index (χ1) is 14.9. The highest BCUT2D eigenvalue weighted by atomic mass is 32.2. The molecule has 3 rings (SSSR count). The van der Waals surface area contributed by atoms with E-state index in [4.69, 9.17) is 0 Å². The van der Waals surface area contributed by atoms with Crippen molar-refractivity contribution >= 4 is 29.3 Å².